The van der Waals surface area contributed by atoms with Crippen LogP contribution in [0, 0.1) is 0 Å². The zero-order valence-corrected chi connectivity index (χ0v) is 16.4. The van der Waals surface area contributed by atoms with Gasteiger partial charge >= 0.3 is 0 Å². The molecule has 0 fully saturated rings. The molecule has 2 aliphatic heterocycles. The van der Waals surface area contributed by atoms with E-state index in [1.807, 2.05) is 23.1 Å². The molecule has 0 saturated carbocycles. The van der Waals surface area contributed by atoms with Gasteiger partial charge in [0.2, 0.25) is 5.91 Å². The van der Waals surface area contributed by atoms with Crippen molar-refractivity contribution in [3.63, 3.8) is 0 Å². The fraction of sp³-hybridized carbons (Fsp3) is 0.286. The molecule has 27 heavy (non-hydrogen) atoms. The van der Waals surface area contributed by atoms with Crippen molar-refractivity contribution in [2.75, 3.05) is 18.0 Å². The van der Waals surface area contributed by atoms with E-state index in [-0.39, 0.29) is 24.3 Å². The standard InChI is InChI=1S/C21H19BrN2O3/c22-15-9-10-16-17(13-15)21(27)24(20(16)26)12-4-8-19(25)23-11-3-6-14-5-1-2-7-18(14)23/h1-2,5,7,9-10,13H,3-4,6,8,11-12H2. The minimum atomic E-state index is -0.285. The lowest BCUT2D eigenvalue weighted by Gasteiger charge is -2.29. The van der Waals surface area contributed by atoms with Crippen LogP contribution < -0.4 is 4.90 Å². The molecule has 2 aromatic carbocycles. The van der Waals surface area contributed by atoms with E-state index in [1.54, 1.807) is 18.2 Å². The number of rotatable bonds is 4. The SMILES string of the molecule is O=C1c2ccc(Br)cc2C(=O)N1CCCC(=O)N1CCCc2ccccc21. The lowest BCUT2D eigenvalue weighted by molar-refractivity contribution is -0.118. The number of carbonyl (C=O) groups excluding carboxylic acids is 3. The summed E-state index contributed by atoms with van der Waals surface area (Å²) in [5.41, 5.74) is 3.03. The van der Waals surface area contributed by atoms with Gasteiger partial charge in [-0.1, -0.05) is 34.1 Å². The number of hydrogen-bond acceptors (Lipinski definition) is 3. The van der Waals surface area contributed by atoms with E-state index in [0.717, 1.165) is 29.5 Å². The summed E-state index contributed by atoms with van der Waals surface area (Å²) >= 11 is 3.33. The molecule has 0 bridgehead atoms. The lowest BCUT2D eigenvalue weighted by Crippen LogP contribution is -2.36. The number of halogens is 1. The van der Waals surface area contributed by atoms with Crippen LogP contribution in [0.3, 0.4) is 0 Å². The van der Waals surface area contributed by atoms with Gasteiger partial charge in [-0.2, -0.15) is 0 Å². The Morgan fingerprint density at radius 2 is 1.81 bits per heavy atom. The number of amides is 3. The van der Waals surface area contributed by atoms with Gasteiger partial charge < -0.3 is 4.90 Å². The van der Waals surface area contributed by atoms with Crippen molar-refractivity contribution in [1.29, 1.82) is 0 Å². The van der Waals surface area contributed by atoms with Crippen molar-refractivity contribution < 1.29 is 14.4 Å². The van der Waals surface area contributed by atoms with Crippen molar-refractivity contribution in [3.8, 4) is 0 Å². The second-order valence-corrected chi connectivity index (χ2v) is 7.75. The molecule has 0 atom stereocenters. The Morgan fingerprint density at radius 3 is 2.67 bits per heavy atom. The van der Waals surface area contributed by atoms with Crippen LogP contribution in [0.15, 0.2) is 46.9 Å². The molecular weight excluding hydrogens is 408 g/mol. The Bertz CT molecular complexity index is 941. The number of para-hydroxylation sites is 1. The molecule has 2 aromatic rings. The number of nitrogens with zero attached hydrogens (tertiary/aromatic N) is 2. The number of anilines is 1. The van der Waals surface area contributed by atoms with Gasteiger partial charge in [-0.3, -0.25) is 19.3 Å². The van der Waals surface area contributed by atoms with Crippen molar-refractivity contribution in [2.45, 2.75) is 25.7 Å². The predicted octanol–water partition coefficient (Wildman–Crippen LogP) is 3.80. The summed E-state index contributed by atoms with van der Waals surface area (Å²) in [6.45, 7) is 0.974. The molecule has 0 aliphatic carbocycles. The fourth-order valence-electron chi connectivity index (χ4n) is 3.78. The normalized spacial score (nSPS) is 15.7. The number of carbonyl (C=O) groups is 3. The van der Waals surface area contributed by atoms with Crippen LogP contribution in [0.25, 0.3) is 0 Å². The maximum atomic E-state index is 12.7. The van der Waals surface area contributed by atoms with Crippen LogP contribution in [-0.4, -0.2) is 35.7 Å². The summed E-state index contributed by atoms with van der Waals surface area (Å²) in [5, 5.41) is 0. The third-order valence-corrected chi connectivity index (χ3v) is 5.61. The van der Waals surface area contributed by atoms with Crippen molar-refractivity contribution in [1.82, 2.24) is 4.90 Å². The van der Waals surface area contributed by atoms with Gasteiger partial charge in [0.05, 0.1) is 11.1 Å². The smallest absolute Gasteiger partial charge is 0.261 e. The minimum absolute atomic E-state index is 0.0431. The van der Waals surface area contributed by atoms with E-state index in [1.165, 1.54) is 10.5 Å². The van der Waals surface area contributed by atoms with Crippen LogP contribution in [0.2, 0.25) is 0 Å². The second kappa shape index (κ2) is 7.27. The monoisotopic (exact) mass is 426 g/mol. The Labute approximate surface area is 166 Å². The second-order valence-electron chi connectivity index (χ2n) is 6.83. The molecule has 0 N–H and O–H groups in total. The van der Waals surface area contributed by atoms with Crippen molar-refractivity contribution in [3.05, 3.63) is 63.6 Å². The zero-order valence-electron chi connectivity index (χ0n) is 14.8. The molecule has 4 rings (SSSR count). The largest absolute Gasteiger partial charge is 0.312 e. The molecule has 3 amide bonds. The molecule has 0 saturated heterocycles. The van der Waals surface area contributed by atoms with E-state index in [2.05, 4.69) is 22.0 Å². The third kappa shape index (κ3) is 3.30. The first-order chi connectivity index (χ1) is 13.1. The van der Waals surface area contributed by atoms with Crippen molar-refractivity contribution in [2.24, 2.45) is 0 Å². The lowest BCUT2D eigenvalue weighted by atomic mass is 10.0. The Balaban J connectivity index is 1.39. The molecule has 0 unspecified atom stereocenters. The quantitative estimate of drug-likeness (QED) is 0.698. The van der Waals surface area contributed by atoms with E-state index in [0.29, 0.717) is 24.0 Å². The van der Waals surface area contributed by atoms with Crippen LogP contribution >= 0.6 is 15.9 Å². The molecule has 0 spiro atoms. The first-order valence-electron chi connectivity index (χ1n) is 9.10. The van der Waals surface area contributed by atoms with Gasteiger partial charge in [0.25, 0.3) is 11.8 Å². The highest BCUT2D eigenvalue weighted by Gasteiger charge is 2.35. The van der Waals surface area contributed by atoms with Gasteiger partial charge in [-0.15, -0.1) is 0 Å². The number of benzene rings is 2. The summed E-state index contributed by atoms with van der Waals surface area (Å²) < 4.78 is 0.767. The van der Waals surface area contributed by atoms with Gasteiger partial charge in [0, 0.05) is 29.7 Å². The summed E-state index contributed by atoms with van der Waals surface area (Å²) in [5.74, 6) is -0.521. The first-order valence-corrected chi connectivity index (χ1v) is 9.89. The van der Waals surface area contributed by atoms with Crippen LogP contribution in [0.5, 0.6) is 0 Å². The highest BCUT2D eigenvalue weighted by molar-refractivity contribution is 9.10. The number of hydrogen-bond donors (Lipinski definition) is 0. The molecule has 2 heterocycles. The first kappa shape index (κ1) is 17.9. The summed E-state index contributed by atoms with van der Waals surface area (Å²) in [7, 11) is 0. The summed E-state index contributed by atoms with van der Waals surface area (Å²) in [6.07, 6.45) is 2.72. The summed E-state index contributed by atoms with van der Waals surface area (Å²) in [6, 6.07) is 13.1. The Morgan fingerprint density at radius 1 is 1.04 bits per heavy atom. The third-order valence-electron chi connectivity index (χ3n) is 5.12. The Hall–Kier alpha value is -2.47. The van der Waals surface area contributed by atoms with Gasteiger partial charge in [-0.05, 0) is 49.1 Å². The van der Waals surface area contributed by atoms with Crippen LogP contribution in [0.4, 0.5) is 5.69 Å². The highest BCUT2D eigenvalue weighted by Crippen LogP contribution is 2.28. The molecular formula is C21H19BrN2O3. The molecule has 6 heteroatoms. The van der Waals surface area contributed by atoms with Gasteiger partial charge in [-0.25, -0.2) is 0 Å². The zero-order chi connectivity index (χ0) is 19.0. The molecule has 0 radical (unpaired) electrons. The highest BCUT2D eigenvalue weighted by atomic mass is 79.9. The van der Waals surface area contributed by atoms with Crippen LogP contribution in [0.1, 0.15) is 45.5 Å². The number of imide groups is 1. The molecule has 2 aliphatic rings. The fourth-order valence-corrected chi connectivity index (χ4v) is 4.14. The summed E-state index contributed by atoms with van der Waals surface area (Å²) in [4.78, 5) is 40.7. The van der Waals surface area contributed by atoms with Crippen molar-refractivity contribution >= 4 is 39.3 Å². The average molecular weight is 427 g/mol. The maximum Gasteiger partial charge on any atom is 0.261 e. The Kier molecular flexibility index (Phi) is 4.83. The minimum Gasteiger partial charge on any atom is -0.312 e. The maximum absolute atomic E-state index is 12.7. The van der Waals surface area contributed by atoms with Gasteiger partial charge in [0.1, 0.15) is 0 Å². The number of fused-ring (bicyclic) bond motifs is 2. The van der Waals surface area contributed by atoms with E-state index >= 15 is 0 Å². The molecule has 138 valence electrons. The van der Waals surface area contributed by atoms with E-state index in [9.17, 15) is 14.4 Å². The predicted molar refractivity (Wildman–Crippen MR) is 106 cm³/mol. The van der Waals surface area contributed by atoms with E-state index in [4.69, 9.17) is 0 Å². The molecule has 0 aromatic heterocycles. The van der Waals surface area contributed by atoms with Crippen LogP contribution in [-0.2, 0) is 11.2 Å². The number of aryl methyl sites for hydroxylation is 1. The van der Waals surface area contributed by atoms with E-state index < -0.39 is 0 Å². The molecule has 5 nitrogen and oxygen atoms in total. The topological polar surface area (TPSA) is 57.7 Å². The van der Waals surface area contributed by atoms with Gasteiger partial charge in [0.15, 0.2) is 0 Å². The average Bonchev–Trinajstić information content (AvgIpc) is 2.91.